The topological polar surface area (TPSA) is 108 Å². The third-order valence-electron chi connectivity index (χ3n) is 7.52. The Balaban J connectivity index is 1.35. The van der Waals surface area contributed by atoms with Crippen LogP contribution in [0.15, 0.2) is 43.0 Å². The van der Waals surface area contributed by atoms with E-state index in [1.807, 2.05) is 42.2 Å². The molecule has 2 aliphatic rings. The Labute approximate surface area is 197 Å². The van der Waals surface area contributed by atoms with Gasteiger partial charge in [-0.25, -0.2) is 4.98 Å². The van der Waals surface area contributed by atoms with Gasteiger partial charge in [0.2, 0.25) is 0 Å². The molecule has 0 amide bonds. The van der Waals surface area contributed by atoms with Crippen LogP contribution in [0.4, 0.5) is 0 Å². The van der Waals surface area contributed by atoms with E-state index in [0.29, 0.717) is 6.42 Å². The predicted molar refractivity (Wildman–Crippen MR) is 129 cm³/mol. The van der Waals surface area contributed by atoms with Crippen LogP contribution in [0.5, 0.6) is 5.75 Å². The summed E-state index contributed by atoms with van der Waals surface area (Å²) >= 11 is 0. The molecule has 4 atom stereocenters. The highest BCUT2D eigenvalue weighted by molar-refractivity contribution is 5.79. The number of rotatable bonds is 4. The minimum absolute atomic E-state index is 0.320. The fourth-order valence-corrected chi connectivity index (χ4v) is 5.61. The maximum atomic E-state index is 11.0. The lowest BCUT2D eigenvalue weighted by Gasteiger charge is -2.27. The first-order chi connectivity index (χ1) is 16.5. The van der Waals surface area contributed by atoms with Crippen molar-refractivity contribution in [1.82, 2.24) is 25.1 Å². The summed E-state index contributed by atoms with van der Waals surface area (Å²) in [6.45, 7) is 5.83. The number of ether oxygens (including phenoxy) is 1. The first kappa shape index (κ1) is 21.3. The van der Waals surface area contributed by atoms with Gasteiger partial charge < -0.3 is 24.8 Å². The lowest BCUT2D eigenvalue weighted by molar-refractivity contribution is -0.0166. The molecule has 34 heavy (non-hydrogen) atoms. The Kier molecular flexibility index (Phi) is 5.17. The highest BCUT2D eigenvalue weighted by Gasteiger charge is 2.44. The zero-order chi connectivity index (χ0) is 23.4. The Bertz CT molecular complexity index is 1350. The van der Waals surface area contributed by atoms with E-state index in [2.05, 4.69) is 33.5 Å². The van der Waals surface area contributed by atoms with E-state index in [4.69, 9.17) is 4.74 Å². The number of fused-ring (bicyclic) bond motifs is 2. The molecule has 3 aromatic heterocycles. The second kappa shape index (κ2) is 8.23. The van der Waals surface area contributed by atoms with E-state index in [9.17, 15) is 10.2 Å². The molecule has 4 aromatic rings. The maximum absolute atomic E-state index is 11.0. The number of aliphatic hydroxyl groups excluding tert-OH is 2. The zero-order valence-electron chi connectivity index (χ0n) is 19.3. The summed E-state index contributed by atoms with van der Waals surface area (Å²) in [4.78, 5) is 4.53. The van der Waals surface area contributed by atoms with Gasteiger partial charge in [-0.05, 0) is 67.3 Å². The zero-order valence-corrected chi connectivity index (χ0v) is 19.3. The molecule has 0 bridgehead atoms. The van der Waals surface area contributed by atoms with Gasteiger partial charge in [0.25, 0.3) is 0 Å². The Morgan fingerprint density at radius 1 is 1.15 bits per heavy atom. The van der Waals surface area contributed by atoms with Gasteiger partial charge in [-0.1, -0.05) is 0 Å². The summed E-state index contributed by atoms with van der Waals surface area (Å²) < 4.78 is 8.47. The van der Waals surface area contributed by atoms with Crippen LogP contribution in [0.2, 0.25) is 0 Å². The van der Waals surface area contributed by atoms with Crippen LogP contribution < -0.4 is 10.1 Å². The first-order valence-electron chi connectivity index (χ1n) is 11.8. The lowest BCUT2D eigenvalue weighted by atomic mass is 9.89. The fraction of sp³-hybridized carbons (Fsp3) is 0.385. The van der Waals surface area contributed by atoms with Gasteiger partial charge in [0.05, 0.1) is 12.2 Å². The maximum Gasteiger partial charge on any atom is 0.140 e. The number of aliphatic hydroxyl groups is 2. The molecule has 1 aliphatic carbocycles. The van der Waals surface area contributed by atoms with Crippen LogP contribution in [0.25, 0.3) is 22.2 Å². The van der Waals surface area contributed by atoms with Gasteiger partial charge in [0.1, 0.15) is 29.7 Å². The Morgan fingerprint density at radius 3 is 2.85 bits per heavy atom. The molecule has 1 aromatic carbocycles. The van der Waals surface area contributed by atoms with Crippen molar-refractivity contribution in [3.8, 4) is 16.9 Å². The van der Waals surface area contributed by atoms with Crippen molar-refractivity contribution in [3.63, 3.8) is 0 Å². The molecule has 1 aliphatic heterocycles. The number of aryl methyl sites for hydroxylation is 1. The molecule has 8 heteroatoms. The number of benzene rings is 1. The van der Waals surface area contributed by atoms with Gasteiger partial charge in [0.15, 0.2) is 0 Å². The number of aromatic amines is 1. The molecule has 6 rings (SSSR count). The van der Waals surface area contributed by atoms with Gasteiger partial charge in [-0.3, -0.25) is 5.10 Å². The Hall–Kier alpha value is -3.20. The monoisotopic (exact) mass is 459 g/mol. The molecule has 0 radical (unpaired) electrons. The minimum atomic E-state index is -1.00. The molecular formula is C26H29N5O3. The van der Waals surface area contributed by atoms with E-state index in [1.54, 1.807) is 6.20 Å². The van der Waals surface area contributed by atoms with Gasteiger partial charge >= 0.3 is 0 Å². The molecule has 0 saturated heterocycles. The Morgan fingerprint density at radius 2 is 2.03 bits per heavy atom. The number of aromatic nitrogens is 4. The SMILES string of the molecule is Cc1c(-c2cn[nH]c2)cc(OC2CC(n3ccc4c(C)ccnc43)C(O)C2O)c2c1CCNC2. The number of nitrogens with one attached hydrogen (secondary N) is 2. The summed E-state index contributed by atoms with van der Waals surface area (Å²) in [6.07, 6.45) is 6.35. The van der Waals surface area contributed by atoms with Gasteiger partial charge in [-0.2, -0.15) is 5.10 Å². The van der Waals surface area contributed by atoms with E-state index in [-0.39, 0.29) is 6.04 Å². The molecule has 0 spiro atoms. The van der Waals surface area contributed by atoms with Crippen molar-refractivity contribution in [2.75, 3.05) is 6.54 Å². The van der Waals surface area contributed by atoms with E-state index in [1.165, 1.54) is 11.1 Å². The number of nitrogens with zero attached hydrogens (tertiary/aromatic N) is 3. The van der Waals surface area contributed by atoms with Crippen LogP contribution >= 0.6 is 0 Å². The molecule has 4 N–H and O–H groups in total. The fourth-order valence-electron chi connectivity index (χ4n) is 5.61. The second-order valence-electron chi connectivity index (χ2n) is 9.45. The number of hydrogen-bond donors (Lipinski definition) is 4. The number of pyridine rings is 1. The normalized spacial score (nSPS) is 24.5. The minimum Gasteiger partial charge on any atom is -0.487 e. The molecule has 4 heterocycles. The van der Waals surface area contributed by atoms with Crippen LogP contribution in [0.1, 0.15) is 34.7 Å². The summed E-state index contributed by atoms with van der Waals surface area (Å²) in [5.41, 5.74) is 7.68. The lowest BCUT2D eigenvalue weighted by Crippen LogP contribution is -2.35. The standard InChI is InChI=1S/C26H29N5O3/c1-14-3-7-28-26-17(14)5-8-31(26)21-10-23(25(33)24(21)32)34-22-9-19(16-11-29-30-12-16)15(2)18-4-6-27-13-20(18)22/h3,5,7-9,11-12,21,23-25,27,32-33H,4,6,10,13H2,1-2H3,(H,29,30). The molecule has 1 saturated carbocycles. The van der Waals surface area contributed by atoms with Crippen molar-refractivity contribution in [2.45, 2.75) is 57.6 Å². The summed E-state index contributed by atoms with van der Waals surface area (Å²) in [7, 11) is 0. The van der Waals surface area contributed by atoms with Crippen molar-refractivity contribution >= 4 is 11.0 Å². The molecule has 4 unspecified atom stereocenters. The van der Waals surface area contributed by atoms with Crippen LogP contribution in [-0.4, -0.2) is 54.8 Å². The number of H-pyrrole nitrogens is 1. The average Bonchev–Trinajstić information content (AvgIpc) is 3.58. The molecule has 1 fully saturated rings. The van der Waals surface area contributed by atoms with Gasteiger partial charge in [-0.15, -0.1) is 0 Å². The molecule has 8 nitrogen and oxygen atoms in total. The van der Waals surface area contributed by atoms with Gasteiger partial charge in [0, 0.05) is 48.1 Å². The second-order valence-corrected chi connectivity index (χ2v) is 9.45. The summed E-state index contributed by atoms with van der Waals surface area (Å²) in [5, 5.41) is 33.5. The predicted octanol–water partition coefficient (Wildman–Crippen LogP) is 2.80. The van der Waals surface area contributed by atoms with Crippen molar-refractivity contribution < 1.29 is 14.9 Å². The van der Waals surface area contributed by atoms with Crippen LogP contribution in [0.3, 0.4) is 0 Å². The average molecular weight is 460 g/mol. The summed E-state index contributed by atoms with van der Waals surface area (Å²) in [5.74, 6) is 0.757. The first-order valence-corrected chi connectivity index (χ1v) is 11.8. The van der Waals surface area contributed by atoms with Crippen molar-refractivity contribution in [1.29, 1.82) is 0 Å². The highest BCUT2D eigenvalue weighted by Crippen LogP contribution is 2.40. The highest BCUT2D eigenvalue weighted by atomic mass is 16.5. The van der Waals surface area contributed by atoms with E-state index >= 15 is 0 Å². The van der Waals surface area contributed by atoms with E-state index in [0.717, 1.165) is 58.5 Å². The molecule has 176 valence electrons. The molecular weight excluding hydrogens is 430 g/mol. The van der Waals surface area contributed by atoms with Crippen molar-refractivity contribution in [2.24, 2.45) is 0 Å². The van der Waals surface area contributed by atoms with Crippen molar-refractivity contribution in [3.05, 3.63) is 65.2 Å². The quantitative estimate of drug-likeness (QED) is 0.374. The number of hydrogen-bond acceptors (Lipinski definition) is 6. The van der Waals surface area contributed by atoms with Crippen LogP contribution in [0, 0.1) is 13.8 Å². The third-order valence-corrected chi connectivity index (χ3v) is 7.52. The third kappa shape index (κ3) is 3.33. The van der Waals surface area contributed by atoms with Crippen LogP contribution in [-0.2, 0) is 13.0 Å². The summed E-state index contributed by atoms with van der Waals surface area (Å²) in [6, 6.07) is 5.73. The largest absolute Gasteiger partial charge is 0.487 e. The van der Waals surface area contributed by atoms with E-state index < -0.39 is 18.3 Å². The smallest absolute Gasteiger partial charge is 0.140 e.